The smallest absolute Gasteiger partial charge is 0.352 e. The number of anilines is 4. The molecule has 2 saturated carbocycles. The predicted octanol–water partition coefficient (Wildman–Crippen LogP) is 7.96. The lowest BCUT2D eigenvalue weighted by Gasteiger charge is -2.11. The maximum absolute atomic E-state index is 12.2. The number of ether oxygens (including phenoxy) is 6. The van der Waals surface area contributed by atoms with Gasteiger partial charge in [0.25, 0.3) is 11.8 Å². The highest BCUT2D eigenvalue weighted by Crippen LogP contribution is 2.27. The number of carboxylic acid groups (broad SMARTS) is 1. The lowest BCUT2D eigenvalue weighted by Crippen LogP contribution is -2.25. The van der Waals surface area contributed by atoms with Crippen LogP contribution in [0.3, 0.4) is 0 Å². The average Bonchev–Trinajstić information content (AvgIpc) is 1.58. The number of nitrogens with zero attached hydrogens (tertiary/aromatic N) is 7. The Balaban J connectivity index is 0.000000421. The molecule has 2 fully saturated rings. The zero-order chi connectivity index (χ0) is 71.2. The van der Waals surface area contributed by atoms with Crippen LogP contribution in [-0.4, -0.2) is 145 Å². The van der Waals surface area contributed by atoms with Crippen molar-refractivity contribution in [3.8, 4) is 28.9 Å². The molecule has 2 aliphatic rings. The van der Waals surface area contributed by atoms with Gasteiger partial charge in [0.15, 0.2) is 12.4 Å². The molecule has 530 valence electrons. The fourth-order valence-corrected chi connectivity index (χ4v) is 8.09. The van der Waals surface area contributed by atoms with Gasteiger partial charge in [0, 0.05) is 35.9 Å². The number of nitrogen functional groups attached to an aromatic ring is 4. The molecule has 0 bridgehead atoms. The Bertz CT molecular complexity index is 3750. The van der Waals surface area contributed by atoms with E-state index in [1.807, 2.05) is 39.0 Å². The van der Waals surface area contributed by atoms with Gasteiger partial charge >= 0.3 is 29.8 Å². The Morgan fingerprint density at radius 3 is 1.24 bits per heavy atom. The van der Waals surface area contributed by atoms with Crippen molar-refractivity contribution in [3.63, 3.8) is 0 Å². The van der Waals surface area contributed by atoms with Gasteiger partial charge in [-0.15, -0.1) is 12.4 Å². The summed E-state index contributed by atoms with van der Waals surface area (Å²) in [5.41, 5.74) is 28.4. The summed E-state index contributed by atoms with van der Waals surface area (Å²) >= 11 is 0. The molecule has 0 aliphatic heterocycles. The summed E-state index contributed by atoms with van der Waals surface area (Å²) in [5, 5.41) is 51.9. The Morgan fingerprint density at radius 2 is 0.929 bits per heavy atom. The first kappa shape index (κ1) is 83.1. The van der Waals surface area contributed by atoms with Crippen molar-refractivity contribution in [2.24, 2.45) is 5.84 Å². The Hall–Kier alpha value is -11.0. The Morgan fingerprint density at radius 1 is 0.571 bits per heavy atom. The normalized spacial score (nSPS) is 11.5. The highest BCUT2D eigenvalue weighted by atomic mass is 35.5. The number of aliphatic hydroxyl groups excluding tert-OH is 2. The van der Waals surface area contributed by atoms with Crippen LogP contribution in [0, 0.1) is 39.0 Å². The number of nitrogens with one attached hydrogen (secondary N) is 3. The van der Waals surface area contributed by atoms with Crippen LogP contribution < -0.4 is 43.8 Å². The van der Waals surface area contributed by atoms with Crippen LogP contribution in [0.5, 0.6) is 5.75 Å². The van der Waals surface area contributed by atoms with E-state index in [1.165, 1.54) is 44.8 Å². The molecule has 0 unspecified atom stereocenters. The molecule has 2 amide bonds. The summed E-state index contributed by atoms with van der Waals surface area (Å²) in [6, 6.07) is 22.9. The minimum Gasteiger partial charge on any atom is -0.500 e. The third kappa shape index (κ3) is 24.3. The number of aryl methyl sites for hydroxylation is 4. The first-order chi connectivity index (χ1) is 45.9. The molecule has 2 aliphatic carbocycles. The maximum atomic E-state index is 12.2. The van der Waals surface area contributed by atoms with E-state index in [0.717, 1.165) is 59.9 Å². The van der Waals surface area contributed by atoms with Crippen molar-refractivity contribution in [2.75, 3.05) is 69.1 Å². The van der Waals surface area contributed by atoms with Crippen molar-refractivity contribution in [2.45, 2.75) is 114 Å². The first-order valence-electron chi connectivity index (χ1n) is 30.4. The van der Waals surface area contributed by atoms with Crippen LogP contribution in [0.25, 0.3) is 17.1 Å². The summed E-state index contributed by atoms with van der Waals surface area (Å²) in [6.45, 7) is 19.1. The van der Waals surface area contributed by atoms with E-state index in [2.05, 4.69) is 36.1 Å². The predicted molar refractivity (Wildman–Crippen MR) is 369 cm³/mol. The van der Waals surface area contributed by atoms with E-state index in [1.54, 1.807) is 97.0 Å². The summed E-state index contributed by atoms with van der Waals surface area (Å²) in [6.07, 6.45) is 9.28. The second kappa shape index (κ2) is 41.7. The molecule has 14 N–H and O–H groups in total. The third-order valence-electron chi connectivity index (χ3n) is 13.4. The van der Waals surface area contributed by atoms with E-state index in [-0.39, 0.29) is 129 Å². The fourth-order valence-electron chi connectivity index (χ4n) is 8.09. The second-order valence-corrected chi connectivity index (χ2v) is 20.6. The van der Waals surface area contributed by atoms with Crippen LogP contribution in [-0.2, 0) is 28.5 Å². The molecular formula is C67H89ClN14O16. The number of carbonyl (C=O) groups excluding carboxylic acids is 6. The number of esters is 4. The van der Waals surface area contributed by atoms with Crippen LogP contribution >= 0.6 is 12.4 Å². The second-order valence-electron chi connectivity index (χ2n) is 20.6. The number of hydrogen-bond donors (Lipinski definition) is 10. The molecule has 9 rings (SSSR count). The van der Waals surface area contributed by atoms with Gasteiger partial charge in [0.2, 0.25) is 0 Å². The zero-order valence-electron chi connectivity index (χ0n) is 55.7. The number of amides is 2. The monoisotopic (exact) mass is 1380 g/mol. The number of halogens is 1. The van der Waals surface area contributed by atoms with Gasteiger partial charge in [0.1, 0.15) is 52.2 Å². The van der Waals surface area contributed by atoms with Gasteiger partial charge in [-0.1, -0.05) is 31.7 Å². The van der Waals surface area contributed by atoms with Crippen molar-refractivity contribution in [1.82, 2.24) is 40.0 Å². The molecule has 30 nitrogen and oxygen atoms in total. The molecule has 0 saturated heterocycles. The quantitative estimate of drug-likeness (QED) is 0.00476. The molecule has 31 heteroatoms. The van der Waals surface area contributed by atoms with Crippen LogP contribution in [0.15, 0.2) is 103 Å². The minimum atomic E-state index is -1.05. The number of aliphatic hydroxyl groups is 2. The van der Waals surface area contributed by atoms with Gasteiger partial charge in [-0.25, -0.2) is 38.0 Å². The van der Waals surface area contributed by atoms with E-state index < -0.39 is 29.8 Å². The van der Waals surface area contributed by atoms with Crippen molar-refractivity contribution in [1.29, 1.82) is 5.26 Å². The molecular weight excluding hydrogens is 1290 g/mol. The van der Waals surface area contributed by atoms with Crippen LogP contribution in [0.1, 0.15) is 159 Å². The summed E-state index contributed by atoms with van der Waals surface area (Å²) in [5.74, 6) is 2.82. The van der Waals surface area contributed by atoms with Gasteiger partial charge in [0.05, 0.1) is 79.9 Å². The van der Waals surface area contributed by atoms with E-state index in [0.29, 0.717) is 40.5 Å². The maximum Gasteiger partial charge on any atom is 0.352 e. The standard InChI is InChI=1S/2C17H20N4O3.C14H15N3O4.C8H12N2O2.C8H11NO3.C2H6O.CH4.ClH/c2*1-3-24-17(23)13-9-19-21(15(13)18)14-8-11(5-4-10(14)2)16(22)20-12-6-7-12;1-3-21-14(20)10-7-16-17(12(10)15)11-6-9(13(18)19)5-4-8(11)2;1-6-2-3-7(12-5-11)4-8(6)10-9;1-3-11-6-7(5-9)8(10)12-4-2;1-2-3;;/h2*4-5,8-9,12H,3,6-7,18H2,1-2H3,(H,20,22);4-7H,3,15H2,1-2H3,(H,18,19);2-4,10-11H,5,9H2,1H3;6H,3-4H2,1-2H3;3H,2H2,1H3;1H4;1H/b;;;;7-6-;;;. The summed E-state index contributed by atoms with van der Waals surface area (Å²) in [7, 11) is 0. The molecule has 0 radical (unpaired) electrons. The van der Waals surface area contributed by atoms with E-state index >= 15 is 0 Å². The number of carboxylic acids is 1. The highest BCUT2D eigenvalue weighted by molar-refractivity contribution is 5.98. The topological polar surface area (TPSA) is 453 Å². The number of aromatic carboxylic acids is 1. The zero-order valence-corrected chi connectivity index (χ0v) is 56.5. The fraction of sp³-hybridized carbons (Fsp3) is 0.358. The number of rotatable bonds is 21. The van der Waals surface area contributed by atoms with Crippen molar-refractivity contribution < 1.29 is 77.3 Å². The molecule has 3 aromatic heterocycles. The average molecular weight is 1380 g/mol. The van der Waals surface area contributed by atoms with E-state index in [4.69, 9.17) is 67.3 Å². The number of carbonyl (C=O) groups is 7. The molecule has 0 spiro atoms. The van der Waals surface area contributed by atoms with Crippen molar-refractivity contribution in [3.05, 3.63) is 159 Å². The summed E-state index contributed by atoms with van der Waals surface area (Å²) in [4.78, 5) is 81.9. The lowest BCUT2D eigenvalue weighted by molar-refractivity contribution is -0.138. The van der Waals surface area contributed by atoms with Crippen molar-refractivity contribution >= 4 is 77.2 Å². The van der Waals surface area contributed by atoms with Crippen LogP contribution in [0.4, 0.5) is 23.1 Å². The number of benzene rings is 4. The molecule has 0 atom stereocenters. The Kier molecular flexibility index (Phi) is 35.4. The van der Waals surface area contributed by atoms with Gasteiger partial charge in [-0.2, -0.15) is 20.6 Å². The molecule has 3 heterocycles. The molecule has 4 aromatic carbocycles. The summed E-state index contributed by atoms with van der Waals surface area (Å²) < 4.78 is 33.3. The molecule has 7 aromatic rings. The number of hydrazine groups is 1. The number of nitrogens with two attached hydrogens (primary N) is 4. The third-order valence-corrected chi connectivity index (χ3v) is 13.4. The number of hydrogen-bond acceptors (Lipinski definition) is 24. The number of aromatic nitrogens is 6. The van der Waals surface area contributed by atoms with Gasteiger partial charge < -0.3 is 77.0 Å². The number of nitriles is 1. The van der Waals surface area contributed by atoms with E-state index in [9.17, 15) is 33.6 Å². The minimum absolute atomic E-state index is 0. The molecule has 98 heavy (non-hydrogen) atoms. The Labute approximate surface area is 574 Å². The van der Waals surface area contributed by atoms with Crippen LogP contribution in [0.2, 0.25) is 0 Å². The first-order valence-corrected chi connectivity index (χ1v) is 30.4. The largest absolute Gasteiger partial charge is 0.500 e. The van der Waals surface area contributed by atoms with Gasteiger partial charge in [-0.3, -0.25) is 15.4 Å². The lowest BCUT2D eigenvalue weighted by atomic mass is 10.1. The van der Waals surface area contributed by atoms with Gasteiger partial charge in [-0.05, 0) is 160 Å². The highest BCUT2D eigenvalue weighted by Gasteiger charge is 2.27. The SMILES string of the molecule is C.CCO.CCO/C=C(/C#N)C(=O)OCC.CCOC(=O)c1cnn(-c2cc(C(=O)NC3CC3)ccc2C)c1N.CCOC(=O)c1cnn(-c2cc(C(=O)NC3CC3)ccc2C)c1N.CCOC(=O)c1cnn(-c2cc(C(=O)O)ccc2C)c1N.Cc1ccc(OCO)cc1NN.Cl.